The average molecular weight is 257 g/mol. The van der Waals surface area contributed by atoms with Gasteiger partial charge in [-0.25, -0.2) is 9.80 Å². The average Bonchev–Trinajstić information content (AvgIpc) is 2.71. The highest BCUT2D eigenvalue weighted by atomic mass is 16.2. The van der Waals surface area contributed by atoms with Gasteiger partial charge in [0, 0.05) is 31.9 Å². The Morgan fingerprint density at radius 2 is 1.53 bits per heavy atom. The van der Waals surface area contributed by atoms with Crippen molar-refractivity contribution in [1.29, 1.82) is 0 Å². The van der Waals surface area contributed by atoms with E-state index < -0.39 is 6.03 Å². The summed E-state index contributed by atoms with van der Waals surface area (Å²) >= 11 is 0. The Kier molecular flexibility index (Phi) is 3.41. The van der Waals surface area contributed by atoms with E-state index in [9.17, 15) is 4.79 Å². The lowest BCUT2D eigenvalue weighted by Crippen LogP contribution is -2.39. The van der Waals surface area contributed by atoms with Gasteiger partial charge in [-0.3, -0.25) is 9.98 Å². The predicted octanol–water partition coefficient (Wildman–Crippen LogP) is -0.397. The first-order valence-electron chi connectivity index (χ1n) is 5.76. The van der Waals surface area contributed by atoms with E-state index >= 15 is 0 Å². The highest BCUT2D eigenvalue weighted by molar-refractivity contribution is 5.83. The van der Waals surface area contributed by atoms with Gasteiger partial charge in [-0.2, -0.15) is 5.10 Å². The molecule has 0 atom stereocenters. The summed E-state index contributed by atoms with van der Waals surface area (Å²) in [5.41, 5.74) is 5.19. The largest absolute Gasteiger partial charge is 0.350 e. The molecule has 0 saturated heterocycles. The summed E-state index contributed by atoms with van der Waals surface area (Å²) < 4.78 is 0. The number of hydrogen-bond acceptors (Lipinski definition) is 4. The minimum Gasteiger partial charge on any atom is -0.350 e. The van der Waals surface area contributed by atoms with Crippen LogP contribution in [-0.4, -0.2) is 32.2 Å². The van der Waals surface area contributed by atoms with Crippen molar-refractivity contribution in [1.82, 2.24) is 5.01 Å². The van der Waals surface area contributed by atoms with Crippen molar-refractivity contribution < 1.29 is 4.79 Å². The summed E-state index contributed by atoms with van der Waals surface area (Å²) in [6.07, 6.45) is 0. The molecule has 0 bridgehead atoms. The van der Waals surface area contributed by atoms with E-state index in [-0.39, 0.29) is 0 Å². The lowest BCUT2D eigenvalue weighted by atomic mass is 10.2. The molecule has 0 spiro atoms. The number of nitrogens with two attached hydrogens (primary N) is 1. The Morgan fingerprint density at radius 1 is 1.05 bits per heavy atom. The Bertz CT molecular complexity index is 743. The summed E-state index contributed by atoms with van der Waals surface area (Å²) in [6.45, 7) is 0. The van der Waals surface area contributed by atoms with Gasteiger partial charge in [0.25, 0.3) is 0 Å². The smallest absolute Gasteiger partial charge is 0.334 e. The summed E-state index contributed by atoms with van der Waals surface area (Å²) in [5, 5.41) is 9.20. The maximum atomic E-state index is 11.1. The maximum Gasteiger partial charge on any atom is 0.334 e. The van der Waals surface area contributed by atoms with E-state index in [0.717, 1.165) is 15.8 Å². The van der Waals surface area contributed by atoms with E-state index in [0.29, 0.717) is 16.1 Å². The quantitative estimate of drug-likeness (QED) is 0.693. The van der Waals surface area contributed by atoms with Crippen molar-refractivity contribution in [3.8, 4) is 0 Å². The molecule has 2 aromatic carbocycles. The molecule has 0 aliphatic carbocycles. The molecule has 0 fully saturated rings. The van der Waals surface area contributed by atoms with E-state index in [1.54, 1.807) is 14.1 Å². The highest BCUT2D eigenvalue weighted by Crippen LogP contribution is 2.02. The molecule has 0 aromatic heterocycles. The van der Waals surface area contributed by atoms with Crippen LogP contribution in [0.25, 0.3) is 10.8 Å². The van der Waals surface area contributed by atoms with Crippen LogP contribution >= 0.6 is 0 Å². The normalized spacial score (nSPS) is 14.4. The molecule has 0 radical (unpaired) electrons. The van der Waals surface area contributed by atoms with Crippen LogP contribution in [0.15, 0.2) is 39.4 Å². The van der Waals surface area contributed by atoms with Crippen molar-refractivity contribution in [3.63, 3.8) is 0 Å². The van der Waals surface area contributed by atoms with Gasteiger partial charge in [-0.1, -0.05) is 24.3 Å². The van der Waals surface area contributed by atoms with Gasteiger partial charge in [-0.05, 0) is 0 Å². The van der Waals surface area contributed by atoms with Crippen LogP contribution in [0.4, 0.5) is 4.79 Å². The number of carbonyl (C=O) groups is 1. The van der Waals surface area contributed by atoms with Gasteiger partial charge in [0.05, 0.1) is 10.7 Å². The number of urea groups is 1. The molecule has 2 amide bonds. The van der Waals surface area contributed by atoms with E-state index in [4.69, 9.17) is 5.73 Å². The van der Waals surface area contributed by atoms with Crippen molar-refractivity contribution in [2.75, 3.05) is 21.1 Å². The van der Waals surface area contributed by atoms with Crippen LogP contribution in [0, 0.1) is 0 Å². The number of fused-ring (bicyclic) bond motifs is 1. The molecule has 6 nitrogen and oxygen atoms in total. The fourth-order valence-electron chi connectivity index (χ4n) is 2.01. The van der Waals surface area contributed by atoms with E-state index in [2.05, 4.69) is 15.1 Å². The number of hydrogen-bond donors (Lipinski definition) is 1. The molecule has 0 aliphatic rings. The molecular weight excluding hydrogens is 242 g/mol. The van der Waals surface area contributed by atoms with Crippen molar-refractivity contribution in [2.24, 2.45) is 20.8 Å². The molecular formula is C13H15N5O. The monoisotopic (exact) mass is 257 g/mol. The van der Waals surface area contributed by atoms with Crippen molar-refractivity contribution in [3.05, 3.63) is 40.3 Å². The second-order valence-electron chi connectivity index (χ2n) is 4.00. The lowest BCUT2D eigenvalue weighted by Gasteiger charge is -2.04. The third kappa shape index (κ3) is 2.12. The highest BCUT2D eigenvalue weighted by Gasteiger charge is 2.08. The van der Waals surface area contributed by atoms with Gasteiger partial charge in [0.2, 0.25) is 0 Å². The van der Waals surface area contributed by atoms with Gasteiger partial charge < -0.3 is 5.73 Å². The van der Waals surface area contributed by atoms with E-state index in [1.165, 1.54) is 7.05 Å². The first kappa shape index (κ1) is 12.9. The zero-order valence-corrected chi connectivity index (χ0v) is 11.1. The predicted molar refractivity (Wildman–Crippen MR) is 72.2 cm³/mol. The molecule has 2 aromatic rings. The van der Waals surface area contributed by atoms with Gasteiger partial charge in [0.15, 0.2) is 0 Å². The molecule has 2 rings (SSSR count). The summed E-state index contributed by atoms with van der Waals surface area (Å²) in [5.74, 6) is 0. The minimum absolute atomic E-state index is 0.563. The Labute approximate surface area is 109 Å². The third-order valence-electron chi connectivity index (χ3n) is 2.90. The Balaban J connectivity index is 3.00. The first-order chi connectivity index (χ1) is 9.10. The third-order valence-corrected chi connectivity index (χ3v) is 2.90. The Morgan fingerprint density at radius 3 is 1.89 bits per heavy atom. The fourth-order valence-corrected chi connectivity index (χ4v) is 2.01. The molecule has 6 heteroatoms. The number of carbonyl (C=O) groups excluding carboxylic acids is 1. The Hall–Kier alpha value is -2.50. The van der Waals surface area contributed by atoms with Gasteiger partial charge in [0.1, 0.15) is 5.36 Å². The van der Waals surface area contributed by atoms with Crippen molar-refractivity contribution in [2.45, 2.75) is 0 Å². The minimum atomic E-state index is -0.630. The fraction of sp³-hybridized carbons (Fsp3) is 0.231. The van der Waals surface area contributed by atoms with Crippen LogP contribution in [0.1, 0.15) is 0 Å². The number of nitrogens with zero attached hydrogens (tertiary/aromatic N) is 4. The molecule has 19 heavy (non-hydrogen) atoms. The second-order valence-corrected chi connectivity index (χ2v) is 4.00. The van der Waals surface area contributed by atoms with Crippen molar-refractivity contribution >= 4 is 16.8 Å². The topological polar surface area (TPSA) is 83.4 Å². The molecule has 0 unspecified atom stereocenters. The molecule has 0 aliphatic heterocycles. The maximum absolute atomic E-state index is 11.1. The number of rotatable bonds is 1. The van der Waals surface area contributed by atoms with Crippen LogP contribution in [0.2, 0.25) is 0 Å². The second kappa shape index (κ2) is 5.01. The van der Waals surface area contributed by atoms with Crippen LogP contribution in [0.5, 0.6) is 0 Å². The van der Waals surface area contributed by atoms with Crippen LogP contribution < -0.4 is 21.8 Å². The summed E-state index contributed by atoms with van der Waals surface area (Å²) in [6, 6.07) is 7.13. The van der Waals surface area contributed by atoms with Gasteiger partial charge >= 0.3 is 6.03 Å². The lowest BCUT2D eigenvalue weighted by molar-refractivity contribution is 0.218. The first-order valence-corrected chi connectivity index (χ1v) is 5.76. The van der Waals surface area contributed by atoms with Crippen LogP contribution in [-0.2, 0) is 0 Å². The zero-order chi connectivity index (χ0) is 14.0. The molecule has 0 saturated carbocycles. The number of benzene rings is 1. The SMILES string of the molecule is C\N=c1c(=N\N(C)C(N)=O)/c(=N/C)c2ccccc/12. The summed E-state index contributed by atoms with van der Waals surface area (Å²) in [4.78, 5) is 19.6. The van der Waals surface area contributed by atoms with E-state index in [1.807, 2.05) is 24.3 Å². The number of primary amides is 1. The molecule has 98 valence electrons. The van der Waals surface area contributed by atoms with Crippen LogP contribution in [0.3, 0.4) is 0 Å². The van der Waals surface area contributed by atoms with Gasteiger partial charge in [-0.15, -0.1) is 0 Å². The molecule has 0 heterocycles. The standard InChI is InChI=1S/C13H15N5O/c1-15-10-8-6-4-5-7-9(8)11(16-2)12(10)17-18(3)13(14)19/h4-7H,1-3H3,(H2,14,19)/b15-10-,16-11+,17-12+. The molecule has 2 N–H and O–H groups in total. The zero-order valence-electron chi connectivity index (χ0n) is 11.1. The summed E-state index contributed by atoms with van der Waals surface area (Å²) in [7, 11) is 4.87. The number of amides is 2.